The highest BCUT2D eigenvalue weighted by molar-refractivity contribution is 5.94. The van der Waals surface area contributed by atoms with Gasteiger partial charge in [-0.2, -0.15) is 0 Å². The van der Waals surface area contributed by atoms with Gasteiger partial charge in [-0.15, -0.1) is 0 Å². The van der Waals surface area contributed by atoms with Gasteiger partial charge in [0.2, 0.25) is 0 Å². The number of carboxylic acids is 1. The van der Waals surface area contributed by atoms with Crippen LogP contribution in [-0.2, 0) is 11.3 Å². The number of aromatic hydroxyl groups is 1. The lowest BCUT2D eigenvalue weighted by atomic mass is 9.92. The number of rotatable bonds is 8. The molecule has 2 aliphatic heterocycles. The lowest BCUT2D eigenvalue weighted by Crippen LogP contribution is -2.56. The number of phenolic OH excluding ortho intramolecular Hbond substituents is 1. The summed E-state index contributed by atoms with van der Waals surface area (Å²) >= 11 is 0. The van der Waals surface area contributed by atoms with E-state index in [1.165, 1.54) is 12.1 Å². The summed E-state index contributed by atoms with van der Waals surface area (Å²) in [4.78, 5) is 33.1. The summed E-state index contributed by atoms with van der Waals surface area (Å²) in [6.07, 6.45) is 0. The molecule has 2 saturated heterocycles. The Hall–Kier alpha value is -3.79. The molecule has 5 rings (SSSR count). The molecule has 0 aromatic heterocycles. The van der Waals surface area contributed by atoms with Gasteiger partial charge in [0.15, 0.2) is 0 Å². The Kier molecular flexibility index (Phi) is 9.21. The molecule has 2 fully saturated rings. The van der Waals surface area contributed by atoms with E-state index in [0.717, 1.165) is 36.3 Å². The molecule has 2 heterocycles. The van der Waals surface area contributed by atoms with Crippen LogP contribution >= 0.6 is 0 Å². The molecule has 9 heteroatoms. The first-order valence-electron chi connectivity index (χ1n) is 14.5. The Bertz CT molecular complexity index is 1390. The Labute approximate surface area is 246 Å². The SMILES string of the molecule is C[C@@H]1CN([C@@H](c2cccc(O)c2)c2cccc(C(=O)N3CCN(CC(=O)O)CC3)c2)[C@@H](C)CN1Cc1ccc(F)cc1. The lowest BCUT2D eigenvalue weighted by molar-refractivity contribution is -0.138. The summed E-state index contributed by atoms with van der Waals surface area (Å²) in [7, 11) is 0. The maximum absolute atomic E-state index is 13.5. The summed E-state index contributed by atoms with van der Waals surface area (Å²) < 4.78 is 13.5. The van der Waals surface area contributed by atoms with Crippen LogP contribution in [0.5, 0.6) is 5.75 Å². The zero-order valence-corrected chi connectivity index (χ0v) is 24.2. The molecule has 222 valence electrons. The van der Waals surface area contributed by atoms with Crippen LogP contribution in [0.2, 0.25) is 0 Å². The maximum atomic E-state index is 13.5. The van der Waals surface area contributed by atoms with Gasteiger partial charge in [0.05, 0.1) is 12.6 Å². The van der Waals surface area contributed by atoms with Crippen molar-refractivity contribution in [2.75, 3.05) is 45.8 Å². The summed E-state index contributed by atoms with van der Waals surface area (Å²) in [6.45, 7) is 8.73. The molecule has 0 radical (unpaired) electrons. The maximum Gasteiger partial charge on any atom is 0.317 e. The first-order chi connectivity index (χ1) is 20.2. The van der Waals surface area contributed by atoms with Crippen molar-refractivity contribution >= 4 is 11.9 Å². The Morgan fingerprint density at radius 1 is 0.881 bits per heavy atom. The Morgan fingerprint density at radius 2 is 1.55 bits per heavy atom. The van der Waals surface area contributed by atoms with Gasteiger partial charge in [0, 0.05) is 63.5 Å². The topological polar surface area (TPSA) is 87.6 Å². The predicted molar refractivity (Wildman–Crippen MR) is 159 cm³/mol. The summed E-state index contributed by atoms with van der Waals surface area (Å²) in [5.74, 6) is -0.966. The van der Waals surface area contributed by atoms with E-state index < -0.39 is 5.97 Å². The molecule has 2 N–H and O–H groups in total. The third-order valence-corrected chi connectivity index (χ3v) is 8.45. The minimum absolute atomic E-state index is 0.0170. The van der Waals surface area contributed by atoms with Gasteiger partial charge in [0.25, 0.3) is 5.91 Å². The van der Waals surface area contributed by atoms with Crippen LogP contribution in [0.4, 0.5) is 4.39 Å². The second-order valence-corrected chi connectivity index (χ2v) is 11.5. The zero-order chi connectivity index (χ0) is 29.8. The Morgan fingerprint density at radius 3 is 2.21 bits per heavy atom. The molecule has 2 aliphatic rings. The van der Waals surface area contributed by atoms with Gasteiger partial charge >= 0.3 is 5.97 Å². The van der Waals surface area contributed by atoms with Crippen molar-refractivity contribution in [1.82, 2.24) is 19.6 Å². The molecular formula is C33H39FN4O4. The van der Waals surface area contributed by atoms with Gasteiger partial charge in [-0.05, 0) is 66.9 Å². The molecule has 0 aliphatic carbocycles. The van der Waals surface area contributed by atoms with E-state index in [9.17, 15) is 19.1 Å². The summed E-state index contributed by atoms with van der Waals surface area (Å²) in [5, 5.41) is 19.5. The van der Waals surface area contributed by atoms with Crippen LogP contribution in [-0.4, -0.2) is 99.6 Å². The Balaban J connectivity index is 1.38. The monoisotopic (exact) mass is 574 g/mol. The number of aliphatic carboxylic acids is 1. The highest BCUT2D eigenvalue weighted by atomic mass is 19.1. The molecule has 1 amide bonds. The number of hydrogen-bond acceptors (Lipinski definition) is 6. The van der Waals surface area contributed by atoms with Crippen molar-refractivity contribution < 1.29 is 24.2 Å². The standard InChI is InChI=1S/C33H39FN4O4/c1-23-20-38(24(2)19-37(23)21-25-9-11-29(34)12-10-25)32(27-6-4-8-30(39)18-27)26-5-3-7-28(17-26)33(42)36-15-13-35(14-16-36)22-31(40)41/h3-12,17-18,23-24,32,39H,13-16,19-22H2,1-2H3,(H,40,41)/t23-,24+,32-/m1/s1. The summed E-state index contributed by atoms with van der Waals surface area (Å²) in [6, 6.07) is 22.0. The average molecular weight is 575 g/mol. The normalized spacial score (nSPS) is 21.3. The number of halogens is 1. The minimum atomic E-state index is -0.861. The molecule has 0 unspecified atom stereocenters. The highest BCUT2D eigenvalue weighted by Crippen LogP contribution is 2.35. The molecule has 0 bridgehead atoms. The van der Waals surface area contributed by atoms with Gasteiger partial charge < -0.3 is 15.1 Å². The molecule has 0 saturated carbocycles. The first kappa shape index (κ1) is 29.7. The number of phenols is 1. The van der Waals surface area contributed by atoms with Crippen molar-refractivity contribution in [2.45, 2.75) is 38.5 Å². The second kappa shape index (κ2) is 13.0. The van der Waals surface area contributed by atoms with E-state index in [1.807, 2.05) is 53.4 Å². The molecule has 42 heavy (non-hydrogen) atoms. The predicted octanol–water partition coefficient (Wildman–Crippen LogP) is 4.06. The fourth-order valence-corrected chi connectivity index (χ4v) is 6.22. The van der Waals surface area contributed by atoms with Crippen LogP contribution in [0.25, 0.3) is 0 Å². The van der Waals surface area contributed by atoms with Crippen molar-refractivity contribution in [3.8, 4) is 5.75 Å². The largest absolute Gasteiger partial charge is 0.508 e. The first-order valence-corrected chi connectivity index (χ1v) is 14.5. The van der Waals surface area contributed by atoms with E-state index in [-0.39, 0.29) is 42.1 Å². The number of carbonyl (C=O) groups excluding carboxylic acids is 1. The lowest BCUT2D eigenvalue weighted by Gasteiger charge is -2.47. The summed E-state index contributed by atoms with van der Waals surface area (Å²) in [5.41, 5.74) is 3.60. The number of amides is 1. The average Bonchev–Trinajstić information content (AvgIpc) is 2.97. The van der Waals surface area contributed by atoms with Crippen molar-refractivity contribution in [2.24, 2.45) is 0 Å². The van der Waals surface area contributed by atoms with E-state index >= 15 is 0 Å². The molecule has 3 atom stereocenters. The van der Waals surface area contributed by atoms with E-state index in [4.69, 9.17) is 5.11 Å². The zero-order valence-electron chi connectivity index (χ0n) is 24.2. The second-order valence-electron chi connectivity index (χ2n) is 11.5. The van der Waals surface area contributed by atoms with Crippen LogP contribution < -0.4 is 0 Å². The smallest absolute Gasteiger partial charge is 0.317 e. The number of piperazine rings is 2. The van der Waals surface area contributed by atoms with E-state index in [1.54, 1.807) is 17.0 Å². The van der Waals surface area contributed by atoms with Crippen molar-refractivity contribution in [3.63, 3.8) is 0 Å². The number of carboxylic acid groups (broad SMARTS) is 1. The van der Waals surface area contributed by atoms with Gasteiger partial charge in [-0.1, -0.05) is 36.4 Å². The quantitative estimate of drug-likeness (QED) is 0.420. The number of benzene rings is 3. The molecule has 3 aromatic carbocycles. The van der Waals surface area contributed by atoms with E-state index in [0.29, 0.717) is 31.7 Å². The fraction of sp³-hybridized carbons (Fsp3) is 0.394. The fourth-order valence-electron chi connectivity index (χ4n) is 6.22. The number of hydrogen-bond donors (Lipinski definition) is 2. The number of carbonyl (C=O) groups is 2. The van der Waals surface area contributed by atoms with Crippen LogP contribution in [0.15, 0.2) is 72.8 Å². The van der Waals surface area contributed by atoms with Gasteiger partial charge in [0.1, 0.15) is 11.6 Å². The van der Waals surface area contributed by atoms with Crippen molar-refractivity contribution in [1.29, 1.82) is 0 Å². The van der Waals surface area contributed by atoms with Gasteiger partial charge in [-0.25, -0.2) is 4.39 Å². The molecule has 0 spiro atoms. The van der Waals surface area contributed by atoms with Crippen molar-refractivity contribution in [3.05, 3.63) is 101 Å². The minimum Gasteiger partial charge on any atom is -0.508 e. The van der Waals surface area contributed by atoms with Crippen LogP contribution in [0.3, 0.4) is 0 Å². The van der Waals surface area contributed by atoms with Gasteiger partial charge in [-0.3, -0.25) is 24.3 Å². The molecular weight excluding hydrogens is 535 g/mol. The third kappa shape index (κ3) is 6.98. The third-order valence-electron chi connectivity index (χ3n) is 8.45. The highest BCUT2D eigenvalue weighted by Gasteiger charge is 2.35. The molecule has 8 nitrogen and oxygen atoms in total. The van der Waals surface area contributed by atoms with Crippen LogP contribution in [0.1, 0.15) is 46.9 Å². The molecule has 3 aromatic rings. The number of nitrogens with zero attached hydrogens (tertiary/aromatic N) is 4. The van der Waals surface area contributed by atoms with Crippen LogP contribution in [0, 0.1) is 5.82 Å². The van der Waals surface area contributed by atoms with E-state index in [2.05, 4.69) is 23.6 Å².